The molecule has 0 aliphatic heterocycles. The van der Waals surface area contributed by atoms with Crippen molar-refractivity contribution in [2.45, 2.75) is 13.3 Å². The molecule has 100 valence electrons. The standard InChI is InChI=1S/C12H16Cl2N2OS/c1-2-17-8-4-7-15-12(18)16-10-6-3-5-9(13)11(10)14/h3,5-6H,2,4,7-8H2,1H3,(H2,15,16,18). The van der Waals surface area contributed by atoms with Gasteiger partial charge in [0, 0.05) is 19.8 Å². The van der Waals surface area contributed by atoms with Crippen molar-refractivity contribution in [3.63, 3.8) is 0 Å². The number of nitrogens with one attached hydrogen (secondary N) is 2. The van der Waals surface area contributed by atoms with Crippen LogP contribution >= 0.6 is 35.4 Å². The molecule has 0 saturated carbocycles. The van der Waals surface area contributed by atoms with E-state index >= 15 is 0 Å². The van der Waals surface area contributed by atoms with E-state index in [1.54, 1.807) is 6.07 Å². The Bertz CT molecular complexity index is 402. The fraction of sp³-hybridized carbons (Fsp3) is 0.417. The van der Waals surface area contributed by atoms with Crippen molar-refractivity contribution < 1.29 is 4.74 Å². The van der Waals surface area contributed by atoms with Gasteiger partial charge in [0.15, 0.2) is 5.11 Å². The highest BCUT2D eigenvalue weighted by Crippen LogP contribution is 2.29. The summed E-state index contributed by atoms with van der Waals surface area (Å²) < 4.78 is 5.23. The lowest BCUT2D eigenvalue weighted by Gasteiger charge is -2.12. The molecule has 6 heteroatoms. The number of benzene rings is 1. The lowest BCUT2D eigenvalue weighted by Crippen LogP contribution is -2.29. The maximum absolute atomic E-state index is 6.04. The first-order valence-electron chi connectivity index (χ1n) is 5.71. The van der Waals surface area contributed by atoms with E-state index in [0.29, 0.717) is 20.8 Å². The summed E-state index contributed by atoms with van der Waals surface area (Å²) in [7, 11) is 0. The van der Waals surface area contributed by atoms with E-state index < -0.39 is 0 Å². The van der Waals surface area contributed by atoms with Crippen LogP contribution in [0.25, 0.3) is 0 Å². The van der Waals surface area contributed by atoms with Gasteiger partial charge in [-0.2, -0.15) is 0 Å². The molecule has 2 N–H and O–H groups in total. The number of thiocarbonyl (C=S) groups is 1. The highest BCUT2D eigenvalue weighted by Gasteiger charge is 2.05. The molecule has 18 heavy (non-hydrogen) atoms. The van der Waals surface area contributed by atoms with Crippen molar-refractivity contribution in [1.82, 2.24) is 5.32 Å². The summed E-state index contributed by atoms with van der Waals surface area (Å²) in [5.74, 6) is 0. The van der Waals surface area contributed by atoms with Crippen molar-refractivity contribution in [1.29, 1.82) is 0 Å². The van der Waals surface area contributed by atoms with Crippen LogP contribution in [0.3, 0.4) is 0 Å². The second kappa shape index (κ2) is 8.53. The van der Waals surface area contributed by atoms with Crippen molar-refractivity contribution >= 4 is 46.2 Å². The predicted molar refractivity (Wildman–Crippen MR) is 81.8 cm³/mol. The maximum atomic E-state index is 6.04. The molecule has 0 fully saturated rings. The Morgan fingerprint density at radius 3 is 2.89 bits per heavy atom. The maximum Gasteiger partial charge on any atom is 0.170 e. The van der Waals surface area contributed by atoms with Crippen LogP contribution in [0.5, 0.6) is 0 Å². The average Bonchev–Trinajstić information content (AvgIpc) is 2.35. The number of halogens is 2. The summed E-state index contributed by atoms with van der Waals surface area (Å²) >= 11 is 17.1. The first-order chi connectivity index (χ1) is 8.65. The predicted octanol–water partition coefficient (Wildman–Crippen LogP) is 3.71. The topological polar surface area (TPSA) is 33.3 Å². The molecule has 1 aromatic rings. The van der Waals surface area contributed by atoms with Crippen molar-refractivity contribution in [3.05, 3.63) is 28.2 Å². The first kappa shape index (κ1) is 15.5. The second-order valence-electron chi connectivity index (χ2n) is 3.53. The van der Waals surface area contributed by atoms with Gasteiger partial charge in [-0.1, -0.05) is 29.3 Å². The Morgan fingerprint density at radius 1 is 1.39 bits per heavy atom. The van der Waals surface area contributed by atoms with Crippen LogP contribution in [-0.2, 0) is 4.74 Å². The van der Waals surface area contributed by atoms with E-state index in [2.05, 4.69) is 10.6 Å². The highest BCUT2D eigenvalue weighted by atomic mass is 35.5. The summed E-state index contributed by atoms with van der Waals surface area (Å²) in [5.41, 5.74) is 0.700. The van der Waals surface area contributed by atoms with Gasteiger partial charge in [-0.25, -0.2) is 0 Å². The van der Waals surface area contributed by atoms with E-state index in [1.807, 2.05) is 19.1 Å². The minimum Gasteiger partial charge on any atom is -0.382 e. The van der Waals surface area contributed by atoms with Crippen LogP contribution in [-0.4, -0.2) is 24.9 Å². The number of hydrogen-bond donors (Lipinski definition) is 2. The molecule has 0 aromatic heterocycles. The van der Waals surface area contributed by atoms with Crippen molar-refractivity contribution in [3.8, 4) is 0 Å². The average molecular weight is 307 g/mol. The number of rotatable bonds is 6. The highest BCUT2D eigenvalue weighted by molar-refractivity contribution is 7.80. The lowest BCUT2D eigenvalue weighted by atomic mass is 10.3. The molecule has 0 heterocycles. The van der Waals surface area contributed by atoms with Crippen LogP contribution in [0.15, 0.2) is 18.2 Å². The Hall–Kier alpha value is -0.550. The second-order valence-corrected chi connectivity index (χ2v) is 4.73. The largest absolute Gasteiger partial charge is 0.382 e. The monoisotopic (exact) mass is 306 g/mol. The van der Waals surface area contributed by atoms with E-state index in [9.17, 15) is 0 Å². The van der Waals surface area contributed by atoms with Gasteiger partial charge in [-0.3, -0.25) is 0 Å². The smallest absolute Gasteiger partial charge is 0.170 e. The third-order valence-corrected chi connectivity index (χ3v) is 3.22. The van der Waals surface area contributed by atoms with Crippen LogP contribution in [0.4, 0.5) is 5.69 Å². The van der Waals surface area contributed by atoms with Crippen LogP contribution < -0.4 is 10.6 Å². The molecule has 1 aromatic carbocycles. The van der Waals surface area contributed by atoms with Crippen molar-refractivity contribution in [2.24, 2.45) is 0 Å². The van der Waals surface area contributed by atoms with Gasteiger partial charge >= 0.3 is 0 Å². The molecule has 0 saturated heterocycles. The molecular weight excluding hydrogens is 291 g/mol. The summed E-state index contributed by atoms with van der Waals surface area (Å²) in [6.07, 6.45) is 0.902. The summed E-state index contributed by atoms with van der Waals surface area (Å²) in [6.45, 7) is 4.19. The van der Waals surface area contributed by atoms with Crippen LogP contribution in [0, 0.1) is 0 Å². The quantitative estimate of drug-likeness (QED) is 0.620. The number of hydrogen-bond acceptors (Lipinski definition) is 2. The fourth-order valence-electron chi connectivity index (χ4n) is 1.29. The molecule has 0 spiro atoms. The first-order valence-corrected chi connectivity index (χ1v) is 6.88. The SMILES string of the molecule is CCOCCCNC(=S)Nc1cccc(Cl)c1Cl. The molecule has 0 amide bonds. The van der Waals surface area contributed by atoms with E-state index in [1.165, 1.54) is 0 Å². The summed E-state index contributed by atoms with van der Waals surface area (Å²) in [5, 5.41) is 7.57. The molecule has 0 radical (unpaired) electrons. The van der Waals surface area contributed by atoms with Gasteiger partial charge in [0.25, 0.3) is 0 Å². The van der Waals surface area contributed by atoms with Gasteiger partial charge in [0.2, 0.25) is 0 Å². The molecule has 3 nitrogen and oxygen atoms in total. The number of anilines is 1. The van der Waals surface area contributed by atoms with E-state index in [-0.39, 0.29) is 0 Å². The zero-order valence-electron chi connectivity index (χ0n) is 10.1. The normalized spacial score (nSPS) is 10.2. The summed E-state index contributed by atoms with van der Waals surface area (Å²) in [6, 6.07) is 5.37. The Labute approximate surface area is 123 Å². The number of ether oxygens (including phenoxy) is 1. The third kappa shape index (κ3) is 5.40. The zero-order valence-corrected chi connectivity index (χ0v) is 12.5. The Balaban J connectivity index is 2.34. The summed E-state index contributed by atoms with van der Waals surface area (Å²) in [4.78, 5) is 0. The minimum atomic E-state index is 0.470. The van der Waals surface area contributed by atoms with Gasteiger partial charge in [-0.05, 0) is 37.7 Å². The zero-order chi connectivity index (χ0) is 13.4. The Kier molecular flexibility index (Phi) is 7.35. The van der Waals surface area contributed by atoms with E-state index in [0.717, 1.165) is 26.2 Å². The van der Waals surface area contributed by atoms with Crippen LogP contribution in [0.1, 0.15) is 13.3 Å². The van der Waals surface area contributed by atoms with Gasteiger partial charge < -0.3 is 15.4 Å². The molecule has 0 aliphatic carbocycles. The van der Waals surface area contributed by atoms with Gasteiger partial charge in [0.05, 0.1) is 15.7 Å². The lowest BCUT2D eigenvalue weighted by molar-refractivity contribution is 0.146. The molecular formula is C12H16Cl2N2OS. The molecule has 1 rings (SSSR count). The molecule has 0 atom stereocenters. The van der Waals surface area contributed by atoms with Gasteiger partial charge in [-0.15, -0.1) is 0 Å². The fourth-order valence-corrected chi connectivity index (χ4v) is 1.85. The molecule has 0 aliphatic rings. The van der Waals surface area contributed by atoms with Crippen LogP contribution in [0.2, 0.25) is 10.0 Å². The minimum absolute atomic E-state index is 0.470. The molecule has 0 unspecified atom stereocenters. The van der Waals surface area contributed by atoms with E-state index in [4.69, 9.17) is 40.2 Å². The Morgan fingerprint density at radius 2 is 2.17 bits per heavy atom. The third-order valence-electron chi connectivity index (χ3n) is 2.15. The van der Waals surface area contributed by atoms with Gasteiger partial charge in [0.1, 0.15) is 0 Å². The van der Waals surface area contributed by atoms with Crippen molar-refractivity contribution in [2.75, 3.05) is 25.1 Å². The molecule has 0 bridgehead atoms.